The second-order valence-electron chi connectivity index (χ2n) is 5.12. The van der Waals surface area contributed by atoms with E-state index in [1.165, 1.54) is 18.2 Å². The van der Waals surface area contributed by atoms with E-state index in [-0.39, 0.29) is 33.0 Å². The van der Waals surface area contributed by atoms with Gasteiger partial charge in [-0.15, -0.1) is 0 Å². The molecule has 1 aliphatic heterocycles. The fourth-order valence-electron chi connectivity index (χ4n) is 2.83. The first kappa shape index (κ1) is 14.6. The molecule has 8 heteroatoms. The third-order valence-corrected chi connectivity index (χ3v) is 5.76. The van der Waals surface area contributed by atoms with Crippen LogP contribution in [0.25, 0.3) is 0 Å². The van der Waals surface area contributed by atoms with Crippen LogP contribution in [0, 0.1) is 5.92 Å². The lowest BCUT2D eigenvalue weighted by Gasteiger charge is -2.45. The summed E-state index contributed by atoms with van der Waals surface area (Å²) in [6.45, 7) is 0.629. The maximum absolute atomic E-state index is 12.3. The largest absolute Gasteiger partial charge is 0.376 e. The standard InChI is InChI=1S/C12H14Cl2N2O3S/c13-6-3-7(14)5-8(4-6)20(17,18)16-11-10(15)9-1-2-19-12(9)11/h3-5,9-12,16H,1-2,15H2. The molecule has 0 bridgehead atoms. The van der Waals surface area contributed by atoms with Crippen molar-refractivity contribution in [1.29, 1.82) is 0 Å². The third kappa shape index (κ3) is 2.45. The van der Waals surface area contributed by atoms with Crippen molar-refractivity contribution >= 4 is 33.2 Å². The number of fused-ring (bicyclic) bond motifs is 1. The normalized spacial score (nSPS) is 32.8. The minimum Gasteiger partial charge on any atom is -0.376 e. The molecular weight excluding hydrogens is 323 g/mol. The first-order chi connectivity index (χ1) is 9.38. The molecular formula is C12H14Cl2N2O3S. The van der Waals surface area contributed by atoms with Crippen LogP contribution in [0.1, 0.15) is 6.42 Å². The van der Waals surface area contributed by atoms with Crippen LogP contribution in [-0.4, -0.2) is 33.2 Å². The lowest BCUT2D eigenvalue weighted by atomic mass is 9.73. The van der Waals surface area contributed by atoms with Crippen molar-refractivity contribution in [3.8, 4) is 0 Å². The van der Waals surface area contributed by atoms with Gasteiger partial charge in [-0.05, 0) is 24.6 Å². The van der Waals surface area contributed by atoms with Gasteiger partial charge >= 0.3 is 0 Å². The van der Waals surface area contributed by atoms with Crippen molar-refractivity contribution < 1.29 is 13.2 Å². The summed E-state index contributed by atoms with van der Waals surface area (Å²) in [6.07, 6.45) is 0.752. The van der Waals surface area contributed by atoms with Gasteiger partial charge < -0.3 is 10.5 Å². The number of ether oxygens (including phenoxy) is 1. The minimum absolute atomic E-state index is 0.0312. The van der Waals surface area contributed by atoms with Crippen LogP contribution in [0.4, 0.5) is 0 Å². The summed E-state index contributed by atoms with van der Waals surface area (Å²) in [7, 11) is -3.72. The van der Waals surface area contributed by atoms with Gasteiger partial charge in [-0.2, -0.15) is 0 Å². The van der Waals surface area contributed by atoms with Crippen molar-refractivity contribution in [1.82, 2.24) is 4.72 Å². The number of hydrogen-bond acceptors (Lipinski definition) is 4. The number of nitrogens with two attached hydrogens (primary N) is 1. The number of nitrogens with one attached hydrogen (secondary N) is 1. The molecule has 0 radical (unpaired) electrons. The van der Waals surface area contributed by atoms with E-state index in [4.69, 9.17) is 33.7 Å². The monoisotopic (exact) mass is 336 g/mol. The molecule has 1 saturated carbocycles. The fourth-order valence-corrected chi connectivity index (χ4v) is 4.83. The first-order valence-corrected chi connectivity index (χ1v) is 8.48. The summed E-state index contributed by atoms with van der Waals surface area (Å²) in [6, 6.07) is 3.57. The van der Waals surface area contributed by atoms with Gasteiger partial charge in [0.25, 0.3) is 0 Å². The van der Waals surface area contributed by atoms with Gasteiger partial charge in [-0.1, -0.05) is 23.2 Å². The molecule has 4 atom stereocenters. The van der Waals surface area contributed by atoms with E-state index in [1.807, 2.05) is 0 Å². The Labute approximate surface area is 127 Å². The summed E-state index contributed by atoms with van der Waals surface area (Å²) in [5.41, 5.74) is 5.99. The van der Waals surface area contributed by atoms with Crippen molar-refractivity contribution in [3.63, 3.8) is 0 Å². The molecule has 1 aromatic rings. The molecule has 3 N–H and O–H groups in total. The molecule has 1 saturated heterocycles. The van der Waals surface area contributed by atoms with Gasteiger partial charge in [-0.25, -0.2) is 13.1 Å². The third-order valence-electron chi connectivity index (χ3n) is 3.88. The van der Waals surface area contributed by atoms with Gasteiger partial charge in [-0.3, -0.25) is 0 Å². The second-order valence-corrected chi connectivity index (χ2v) is 7.70. The van der Waals surface area contributed by atoms with Gasteiger partial charge in [0, 0.05) is 28.6 Å². The van der Waals surface area contributed by atoms with Crippen molar-refractivity contribution in [2.45, 2.75) is 29.5 Å². The van der Waals surface area contributed by atoms with Gasteiger partial charge in [0.1, 0.15) is 0 Å². The zero-order valence-corrected chi connectivity index (χ0v) is 12.8. The molecule has 0 aromatic heterocycles. The molecule has 5 nitrogen and oxygen atoms in total. The van der Waals surface area contributed by atoms with Crippen LogP contribution in [0.2, 0.25) is 10.0 Å². The molecule has 4 unspecified atom stereocenters. The quantitative estimate of drug-likeness (QED) is 0.873. The Morgan fingerprint density at radius 3 is 2.55 bits per heavy atom. The Kier molecular flexibility index (Phi) is 3.73. The summed E-state index contributed by atoms with van der Waals surface area (Å²) >= 11 is 11.7. The van der Waals surface area contributed by atoms with E-state index >= 15 is 0 Å². The average Bonchev–Trinajstić information content (AvgIpc) is 2.79. The predicted octanol–water partition coefficient (Wildman–Crippen LogP) is 1.39. The Balaban J connectivity index is 1.82. The van der Waals surface area contributed by atoms with Gasteiger partial charge in [0.15, 0.2) is 0 Å². The Hall–Kier alpha value is -0.370. The van der Waals surface area contributed by atoms with E-state index < -0.39 is 16.1 Å². The molecule has 1 aliphatic carbocycles. The van der Waals surface area contributed by atoms with E-state index in [1.54, 1.807) is 0 Å². The highest BCUT2D eigenvalue weighted by Gasteiger charge is 2.53. The van der Waals surface area contributed by atoms with Crippen LogP contribution in [0.5, 0.6) is 0 Å². The summed E-state index contributed by atoms with van der Waals surface area (Å²) in [5.74, 6) is 0.241. The number of sulfonamides is 1. The lowest BCUT2D eigenvalue weighted by Crippen LogP contribution is -2.68. The number of hydrogen-bond donors (Lipinski definition) is 2. The molecule has 20 heavy (non-hydrogen) atoms. The smallest absolute Gasteiger partial charge is 0.241 e. The lowest BCUT2D eigenvalue weighted by molar-refractivity contribution is -0.00923. The van der Waals surface area contributed by atoms with Crippen LogP contribution >= 0.6 is 23.2 Å². The van der Waals surface area contributed by atoms with Crippen molar-refractivity contribution in [2.75, 3.05) is 6.61 Å². The summed E-state index contributed by atoms with van der Waals surface area (Å²) in [5, 5.41) is 0.538. The number of halogens is 2. The van der Waals surface area contributed by atoms with Crippen LogP contribution in [0.15, 0.2) is 23.1 Å². The van der Waals surface area contributed by atoms with Crippen LogP contribution < -0.4 is 10.5 Å². The topological polar surface area (TPSA) is 81.4 Å². The SMILES string of the molecule is NC1C2CCOC2C1NS(=O)(=O)c1cc(Cl)cc(Cl)c1. The van der Waals surface area contributed by atoms with Crippen LogP contribution in [0.3, 0.4) is 0 Å². The molecule has 2 aliphatic rings. The molecule has 1 heterocycles. The Morgan fingerprint density at radius 2 is 1.90 bits per heavy atom. The molecule has 0 amide bonds. The molecule has 2 fully saturated rings. The molecule has 1 aromatic carbocycles. The zero-order chi connectivity index (χ0) is 14.5. The molecule has 3 rings (SSSR count). The number of benzene rings is 1. The average molecular weight is 337 g/mol. The summed E-state index contributed by atoms with van der Waals surface area (Å²) in [4.78, 5) is 0.0312. The Bertz CT molecular complexity index is 617. The number of rotatable bonds is 3. The maximum Gasteiger partial charge on any atom is 0.241 e. The highest BCUT2D eigenvalue weighted by molar-refractivity contribution is 7.89. The van der Waals surface area contributed by atoms with E-state index in [2.05, 4.69) is 4.72 Å². The van der Waals surface area contributed by atoms with Crippen LogP contribution in [-0.2, 0) is 14.8 Å². The second kappa shape index (κ2) is 5.12. The van der Waals surface area contributed by atoms with E-state index in [0.29, 0.717) is 6.61 Å². The van der Waals surface area contributed by atoms with Crippen molar-refractivity contribution in [2.24, 2.45) is 11.7 Å². The van der Waals surface area contributed by atoms with Crippen molar-refractivity contribution in [3.05, 3.63) is 28.2 Å². The zero-order valence-electron chi connectivity index (χ0n) is 10.4. The van der Waals surface area contributed by atoms with E-state index in [9.17, 15) is 8.42 Å². The molecule has 0 spiro atoms. The highest BCUT2D eigenvalue weighted by Crippen LogP contribution is 2.38. The highest BCUT2D eigenvalue weighted by atomic mass is 35.5. The summed E-state index contributed by atoms with van der Waals surface area (Å²) < 4.78 is 32.8. The van der Waals surface area contributed by atoms with Gasteiger partial charge in [0.2, 0.25) is 10.0 Å². The predicted molar refractivity (Wildman–Crippen MR) is 76.4 cm³/mol. The molecule has 110 valence electrons. The maximum atomic E-state index is 12.3. The fraction of sp³-hybridized carbons (Fsp3) is 0.500. The minimum atomic E-state index is -3.72. The first-order valence-electron chi connectivity index (χ1n) is 6.24. The Morgan fingerprint density at radius 1 is 1.25 bits per heavy atom. The van der Waals surface area contributed by atoms with E-state index in [0.717, 1.165) is 6.42 Å². The van der Waals surface area contributed by atoms with Gasteiger partial charge in [0.05, 0.1) is 17.0 Å².